The Hall–Kier alpha value is -1.00. The zero-order valence-corrected chi connectivity index (χ0v) is 12.6. The summed E-state index contributed by atoms with van der Waals surface area (Å²) in [6, 6.07) is 2.21. The molecule has 0 bridgehead atoms. The van der Waals surface area contributed by atoms with Crippen LogP contribution in [0.3, 0.4) is 0 Å². The smallest absolute Gasteiger partial charge is 0.183 e. The van der Waals surface area contributed by atoms with Gasteiger partial charge >= 0.3 is 0 Å². The van der Waals surface area contributed by atoms with Gasteiger partial charge in [-0.3, -0.25) is 4.98 Å². The van der Waals surface area contributed by atoms with Gasteiger partial charge in [0.25, 0.3) is 0 Å². The highest BCUT2D eigenvalue weighted by Crippen LogP contribution is 2.44. The van der Waals surface area contributed by atoms with Crippen molar-refractivity contribution in [3.63, 3.8) is 0 Å². The van der Waals surface area contributed by atoms with E-state index in [2.05, 4.69) is 24.1 Å². The maximum absolute atomic E-state index is 6.22. The fraction of sp³-hybridized carbons (Fsp3) is 0.643. The highest BCUT2D eigenvalue weighted by atomic mass is 35.5. The topological polar surface area (TPSA) is 43.4 Å². The third-order valence-corrected chi connectivity index (χ3v) is 4.77. The SMILES string of the molecule is COc1ccnc(CNC2CC(Cl)C2(C)C)c1OC. The van der Waals surface area contributed by atoms with E-state index in [0.717, 1.165) is 12.1 Å². The molecule has 1 saturated carbocycles. The van der Waals surface area contributed by atoms with Crippen molar-refractivity contribution in [2.24, 2.45) is 5.41 Å². The van der Waals surface area contributed by atoms with E-state index >= 15 is 0 Å². The van der Waals surface area contributed by atoms with Crippen molar-refractivity contribution >= 4 is 11.6 Å². The predicted octanol–water partition coefficient (Wildman–Crippen LogP) is 2.59. The number of alkyl halides is 1. The molecule has 0 amide bonds. The van der Waals surface area contributed by atoms with Crippen molar-refractivity contribution in [1.29, 1.82) is 0 Å². The van der Waals surface area contributed by atoms with Crippen molar-refractivity contribution in [2.45, 2.75) is 38.2 Å². The Morgan fingerprint density at radius 2 is 2.16 bits per heavy atom. The van der Waals surface area contributed by atoms with Gasteiger partial charge in [-0.1, -0.05) is 13.8 Å². The molecule has 2 rings (SSSR count). The molecule has 4 nitrogen and oxygen atoms in total. The minimum absolute atomic E-state index is 0.119. The number of hydrogen-bond acceptors (Lipinski definition) is 4. The number of nitrogens with zero attached hydrogens (tertiary/aromatic N) is 1. The maximum Gasteiger partial charge on any atom is 0.183 e. The maximum atomic E-state index is 6.22. The normalized spacial score (nSPS) is 24.7. The molecule has 1 heterocycles. The van der Waals surface area contributed by atoms with E-state index in [0.29, 0.717) is 24.1 Å². The lowest BCUT2D eigenvalue weighted by Crippen LogP contribution is -2.57. The Labute approximate surface area is 119 Å². The Bertz CT molecular complexity index is 451. The van der Waals surface area contributed by atoms with Crippen molar-refractivity contribution in [3.05, 3.63) is 18.0 Å². The summed E-state index contributed by atoms with van der Waals surface area (Å²) >= 11 is 6.22. The average Bonchev–Trinajstić information content (AvgIpc) is 2.42. The Morgan fingerprint density at radius 3 is 2.68 bits per heavy atom. The first-order valence-corrected chi connectivity index (χ1v) is 6.87. The lowest BCUT2D eigenvalue weighted by molar-refractivity contribution is 0.115. The lowest BCUT2D eigenvalue weighted by Gasteiger charge is -2.49. The molecule has 0 aliphatic heterocycles. The summed E-state index contributed by atoms with van der Waals surface area (Å²) in [6.07, 6.45) is 2.72. The largest absolute Gasteiger partial charge is 0.493 e. The van der Waals surface area contributed by atoms with Gasteiger partial charge in [0.2, 0.25) is 0 Å². The molecule has 106 valence electrons. The van der Waals surface area contributed by atoms with Gasteiger partial charge in [-0.2, -0.15) is 0 Å². The van der Waals surface area contributed by atoms with Crippen LogP contribution in [0.2, 0.25) is 0 Å². The van der Waals surface area contributed by atoms with E-state index in [4.69, 9.17) is 21.1 Å². The molecule has 1 aromatic rings. The first kappa shape index (κ1) is 14.4. The number of methoxy groups -OCH3 is 2. The van der Waals surface area contributed by atoms with Gasteiger partial charge in [0.1, 0.15) is 0 Å². The number of pyridine rings is 1. The van der Waals surface area contributed by atoms with E-state index in [1.165, 1.54) is 0 Å². The molecule has 0 spiro atoms. The molecule has 2 unspecified atom stereocenters. The highest BCUT2D eigenvalue weighted by molar-refractivity contribution is 6.21. The van der Waals surface area contributed by atoms with Crippen LogP contribution in [0.15, 0.2) is 12.3 Å². The minimum Gasteiger partial charge on any atom is -0.493 e. The summed E-state index contributed by atoms with van der Waals surface area (Å²) in [5.74, 6) is 1.40. The van der Waals surface area contributed by atoms with Gasteiger partial charge < -0.3 is 14.8 Å². The zero-order valence-electron chi connectivity index (χ0n) is 11.9. The monoisotopic (exact) mass is 284 g/mol. The first-order chi connectivity index (χ1) is 9.00. The van der Waals surface area contributed by atoms with Crippen molar-refractivity contribution in [3.8, 4) is 11.5 Å². The Morgan fingerprint density at radius 1 is 1.42 bits per heavy atom. The predicted molar refractivity (Wildman–Crippen MR) is 76.0 cm³/mol. The van der Waals surface area contributed by atoms with Crippen molar-refractivity contribution in [1.82, 2.24) is 10.3 Å². The Kier molecular flexibility index (Phi) is 4.21. The number of hydrogen-bond donors (Lipinski definition) is 1. The molecule has 1 aromatic heterocycles. The summed E-state index contributed by atoms with van der Waals surface area (Å²) in [7, 11) is 3.26. The molecular weight excluding hydrogens is 264 g/mol. The second-order valence-electron chi connectivity index (χ2n) is 5.45. The van der Waals surface area contributed by atoms with E-state index in [9.17, 15) is 0 Å². The van der Waals surface area contributed by atoms with Crippen LogP contribution < -0.4 is 14.8 Å². The standard InChI is InChI=1S/C14H21ClN2O2/c1-14(2)11(15)7-12(14)17-8-9-13(19-4)10(18-3)5-6-16-9/h5-6,11-12,17H,7-8H2,1-4H3. The number of nitrogens with one attached hydrogen (secondary N) is 1. The number of ether oxygens (including phenoxy) is 2. The van der Waals surface area contributed by atoms with E-state index in [1.807, 2.05) is 0 Å². The first-order valence-electron chi connectivity index (χ1n) is 6.44. The molecule has 1 N–H and O–H groups in total. The fourth-order valence-electron chi connectivity index (χ4n) is 2.42. The second-order valence-corrected chi connectivity index (χ2v) is 5.98. The molecule has 0 saturated heterocycles. The van der Waals surface area contributed by atoms with Crippen LogP contribution in [0.25, 0.3) is 0 Å². The Balaban J connectivity index is 2.04. The van der Waals surface area contributed by atoms with Crippen LogP contribution in [0.1, 0.15) is 26.0 Å². The molecule has 0 aromatic carbocycles. The second kappa shape index (κ2) is 5.55. The molecule has 1 aliphatic rings. The molecule has 1 aliphatic carbocycles. The molecule has 19 heavy (non-hydrogen) atoms. The van der Waals surface area contributed by atoms with Gasteiger partial charge in [-0.25, -0.2) is 0 Å². The molecular formula is C14H21ClN2O2. The van der Waals surface area contributed by atoms with Crippen LogP contribution in [-0.2, 0) is 6.54 Å². The van der Waals surface area contributed by atoms with Crippen LogP contribution in [0.5, 0.6) is 11.5 Å². The van der Waals surface area contributed by atoms with Gasteiger partial charge in [-0.05, 0) is 11.8 Å². The minimum atomic E-state index is 0.119. The number of halogens is 1. The van der Waals surface area contributed by atoms with Gasteiger partial charge in [0, 0.05) is 30.2 Å². The highest BCUT2D eigenvalue weighted by Gasteiger charge is 2.46. The third-order valence-electron chi connectivity index (χ3n) is 4.03. The summed E-state index contributed by atoms with van der Waals surface area (Å²) in [5.41, 5.74) is 0.976. The quantitative estimate of drug-likeness (QED) is 0.844. The summed E-state index contributed by atoms with van der Waals surface area (Å²) < 4.78 is 10.6. The number of aromatic nitrogens is 1. The third kappa shape index (κ3) is 2.65. The molecule has 1 fully saturated rings. The average molecular weight is 285 g/mol. The number of rotatable bonds is 5. The fourth-order valence-corrected chi connectivity index (χ4v) is 2.75. The lowest BCUT2D eigenvalue weighted by atomic mass is 9.67. The van der Waals surface area contributed by atoms with Gasteiger partial charge in [-0.15, -0.1) is 11.6 Å². The van der Waals surface area contributed by atoms with Crippen LogP contribution in [-0.4, -0.2) is 30.6 Å². The molecule has 5 heteroatoms. The van der Waals surface area contributed by atoms with E-state index in [1.54, 1.807) is 26.5 Å². The van der Waals surface area contributed by atoms with Crippen molar-refractivity contribution < 1.29 is 9.47 Å². The van der Waals surface area contributed by atoms with E-state index < -0.39 is 0 Å². The zero-order chi connectivity index (χ0) is 14.0. The summed E-state index contributed by atoms with van der Waals surface area (Å²) in [6.45, 7) is 5.02. The van der Waals surface area contributed by atoms with E-state index in [-0.39, 0.29) is 10.8 Å². The van der Waals surface area contributed by atoms with Gasteiger partial charge in [0.05, 0.1) is 19.9 Å². The summed E-state index contributed by atoms with van der Waals surface area (Å²) in [5, 5.41) is 3.74. The summed E-state index contributed by atoms with van der Waals surface area (Å²) in [4.78, 5) is 4.35. The van der Waals surface area contributed by atoms with Crippen molar-refractivity contribution in [2.75, 3.05) is 14.2 Å². The van der Waals surface area contributed by atoms with Gasteiger partial charge in [0.15, 0.2) is 11.5 Å². The van der Waals surface area contributed by atoms with Crippen LogP contribution >= 0.6 is 11.6 Å². The van der Waals surface area contributed by atoms with Crippen LogP contribution in [0, 0.1) is 5.41 Å². The van der Waals surface area contributed by atoms with Crippen LogP contribution in [0.4, 0.5) is 0 Å². The molecule has 0 radical (unpaired) electrons. The molecule has 2 atom stereocenters.